The number of aliphatic hydroxyl groups is 1. The number of phenolic OH excluding ortho intramolecular Hbond substituents is 1. The number of hydrogen-bond acceptors (Lipinski definition) is 3. The monoisotopic (exact) mass is 333 g/mol. The minimum absolute atomic E-state index is 0.0245. The summed E-state index contributed by atoms with van der Waals surface area (Å²) in [5.41, 5.74) is 7.54. The van der Waals surface area contributed by atoms with E-state index in [9.17, 15) is 15.0 Å². The minimum Gasteiger partial charge on any atom is -0.508 e. The van der Waals surface area contributed by atoms with Gasteiger partial charge in [0.1, 0.15) is 5.75 Å². The Hall–Kier alpha value is -2.85. The first-order chi connectivity index (χ1) is 12.1. The van der Waals surface area contributed by atoms with Crippen LogP contribution in [0.15, 0.2) is 42.5 Å². The molecule has 4 nitrogen and oxygen atoms in total. The number of nitrogens with zero attached hydrogens (tertiary/aromatic N) is 1. The predicted molar refractivity (Wildman–Crippen MR) is 98.5 cm³/mol. The van der Waals surface area contributed by atoms with Gasteiger partial charge in [0.2, 0.25) is 0 Å². The van der Waals surface area contributed by atoms with E-state index in [0.717, 1.165) is 45.2 Å². The number of aryl methyl sites for hydroxylation is 1. The Balaban J connectivity index is 2.20. The maximum absolute atomic E-state index is 12.1. The predicted octanol–water partition coefficient (Wildman–Crippen LogP) is 4.16. The van der Waals surface area contributed by atoms with Gasteiger partial charge >= 0.3 is 0 Å². The van der Waals surface area contributed by atoms with Crippen molar-refractivity contribution in [3.05, 3.63) is 59.2 Å². The Morgan fingerprint density at radius 3 is 2.40 bits per heavy atom. The number of carbonyl (C=O) groups excluding carboxylic acids is 1. The maximum atomic E-state index is 12.1. The molecule has 25 heavy (non-hydrogen) atoms. The molecule has 0 amide bonds. The molecule has 2 N–H and O–H groups in total. The average Bonchev–Trinajstić information content (AvgIpc) is 3.14. The number of pyridine rings is 1. The summed E-state index contributed by atoms with van der Waals surface area (Å²) in [6, 6.07) is 12.9. The fourth-order valence-electron chi connectivity index (χ4n) is 3.82. The van der Waals surface area contributed by atoms with Crippen LogP contribution in [0.3, 0.4) is 0 Å². The first kappa shape index (κ1) is 15.7. The standard InChI is InChI=1S/C21H19NO3/c1-3-16-20(13-4-7-15(25)8-5-13)19-10-17(12(2)24)18-9-6-14(11-23)21(16)22(18)19/h4-10,23,25H,3,11H2,1-2H3. The number of hydrogen-bond donors (Lipinski definition) is 2. The molecule has 0 spiro atoms. The van der Waals surface area contributed by atoms with Crippen LogP contribution >= 0.6 is 0 Å². The molecule has 0 fully saturated rings. The van der Waals surface area contributed by atoms with Gasteiger partial charge < -0.3 is 14.6 Å². The summed E-state index contributed by atoms with van der Waals surface area (Å²) < 4.78 is 2.09. The van der Waals surface area contributed by atoms with E-state index in [-0.39, 0.29) is 18.1 Å². The Morgan fingerprint density at radius 1 is 1.08 bits per heavy atom. The number of Topliss-reactive ketones (excluding diaryl/α,β-unsaturated/α-hetero) is 1. The number of carbonyl (C=O) groups is 1. The number of aliphatic hydroxyl groups excluding tert-OH is 1. The summed E-state index contributed by atoms with van der Waals surface area (Å²) in [4.78, 5) is 12.1. The van der Waals surface area contributed by atoms with E-state index in [2.05, 4.69) is 11.3 Å². The molecule has 0 radical (unpaired) electrons. The molecule has 0 aliphatic rings. The van der Waals surface area contributed by atoms with E-state index in [1.165, 1.54) is 0 Å². The number of phenols is 1. The summed E-state index contributed by atoms with van der Waals surface area (Å²) >= 11 is 0. The van der Waals surface area contributed by atoms with Gasteiger partial charge in [-0.25, -0.2) is 0 Å². The van der Waals surface area contributed by atoms with Crippen LogP contribution in [0.2, 0.25) is 0 Å². The van der Waals surface area contributed by atoms with Crippen molar-refractivity contribution in [3.8, 4) is 16.9 Å². The van der Waals surface area contributed by atoms with Crippen molar-refractivity contribution in [3.63, 3.8) is 0 Å². The number of ketones is 1. The highest BCUT2D eigenvalue weighted by molar-refractivity contribution is 6.08. The summed E-state index contributed by atoms with van der Waals surface area (Å²) in [6.07, 6.45) is 0.805. The van der Waals surface area contributed by atoms with Gasteiger partial charge in [-0.15, -0.1) is 0 Å². The molecule has 0 unspecified atom stereocenters. The zero-order valence-corrected chi connectivity index (χ0v) is 14.2. The van der Waals surface area contributed by atoms with Gasteiger partial charge in [-0.05, 0) is 48.7 Å². The van der Waals surface area contributed by atoms with Crippen molar-refractivity contribution in [2.75, 3.05) is 0 Å². The molecule has 4 heteroatoms. The van der Waals surface area contributed by atoms with E-state index < -0.39 is 0 Å². The molecule has 0 saturated heterocycles. The topological polar surface area (TPSA) is 61.9 Å². The largest absolute Gasteiger partial charge is 0.508 e. The van der Waals surface area contributed by atoms with Crippen LogP contribution in [0.4, 0.5) is 0 Å². The van der Waals surface area contributed by atoms with Crippen LogP contribution in [0.25, 0.3) is 27.7 Å². The Labute approximate surface area is 145 Å². The van der Waals surface area contributed by atoms with E-state index in [1.807, 2.05) is 30.3 Å². The molecule has 0 aliphatic carbocycles. The lowest BCUT2D eigenvalue weighted by Gasteiger charge is -2.07. The van der Waals surface area contributed by atoms with Gasteiger partial charge in [-0.3, -0.25) is 4.79 Å². The van der Waals surface area contributed by atoms with Crippen molar-refractivity contribution < 1.29 is 15.0 Å². The van der Waals surface area contributed by atoms with Crippen molar-refractivity contribution in [1.29, 1.82) is 0 Å². The molecule has 0 saturated carbocycles. The minimum atomic E-state index is -0.0509. The number of benzene rings is 1. The van der Waals surface area contributed by atoms with Gasteiger partial charge in [-0.1, -0.05) is 25.1 Å². The third kappa shape index (κ3) is 2.14. The zero-order chi connectivity index (χ0) is 17.7. The van der Waals surface area contributed by atoms with Crippen molar-refractivity contribution >= 4 is 22.3 Å². The summed E-state index contributed by atoms with van der Waals surface area (Å²) in [6.45, 7) is 3.61. The van der Waals surface area contributed by atoms with Crippen LogP contribution in [0.5, 0.6) is 5.75 Å². The van der Waals surface area contributed by atoms with Gasteiger partial charge in [0.25, 0.3) is 0 Å². The molecular weight excluding hydrogens is 314 g/mol. The second-order valence-electron chi connectivity index (χ2n) is 6.34. The third-order valence-electron chi connectivity index (χ3n) is 4.91. The van der Waals surface area contributed by atoms with Crippen LogP contribution in [-0.2, 0) is 13.0 Å². The number of aromatic hydroxyl groups is 1. The summed E-state index contributed by atoms with van der Waals surface area (Å²) in [5, 5.41) is 19.4. The maximum Gasteiger partial charge on any atom is 0.161 e. The molecule has 1 aromatic carbocycles. The lowest BCUT2D eigenvalue weighted by Crippen LogP contribution is -1.96. The van der Waals surface area contributed by atoms with Crippen molar-refractivity contribution in [1.82, 2.24) is 4.40 Å². The number of rotatable bonds is 4. The molecule has 4 rings (SSSR count). The highest BCUT2D eigenvalue weighted by Crippen LogP contribution is 2.40. The van der Waals surface area contributed by atoms with Crippen LogP contribution in [0.1, 0.15) is 35.3 Å². The summed E-state index contributed by atoms with van der Waals surface area (Å²) in [5.74, 6) is 0.246. The molecule has 0 atom stereocenters. The van der Waals surface area contributed by atoms with E-state index >= 15 is 0 Å². The SMILES string of the molecule is CCc1c(-c2ccc(O)cc2)c2cc(C(C)=O)c3ccc(CO)c1n32. The smallest absolute Gasteiger partial charge is 0.161 e. The molecule has 3 aromatic heterocycles. The Kier molecular flexibility index (Phi) is 3.51. The lowest BCUT2D eigenvalue weighted by atomic mass is 9.97. The van der Waals surface area contributed by atoms with E-state index in [1.54, 1.807) is 19.1 Å². The van der Waals surface area contributed by atoms with Crippen LogP contribution in [0, 0.1) is 0 Å². The molecular formula is C21H19NO3. The van der Waals surface area contributed by atoms with E-state index in [4.69, 9.17) is 0 Å². The number of aromatic nitrogens is 1. The van der Waals surface area contributed by atoms with Crippen LogP contribution < -0.4 is 0 Å². The second kappa shape index (κ2) is 5.60. The first-order valence-corrected chi connectivity index (χ1v) is 8.39. The average molecular weight is 333 g/mol. The van der Waals surface area contributed by atoms with Gasteiger partial charge in [-0.2, -0.15) is 0 Å². The van der Waals surface area contributed by atoms with Crippen molar-refractivity contribution in [2.24, 2.45) is 0 Å². The Morgan fingerprint density at radius 2 is 1.80 bits per heavy atom. The molecule has 0 bridgehead atoms. The highest BCUT2D eigenvalue weighted by atomic mass is 16.3. The van der Waals surface area contributed by atoms with Crippen molar-refractivity contribution in [2.45, 2.75) is 26.9 Å². The third-order valence-corrected chi connectivity index (χ3v) is 4.91. The quantitative estimate of drug-likeness (QED) is 0.551. The molecule has 3 heterocycles. The molecule has 4 aromatic rings. The molecule has 126 valence electrons. The van der Waals surface area contributed by atoms with E-state index in [0.29, 0.717) is 5.56 Å². The summed E-state index contributed by atoms with van der Waals surface area (Å²) in [7, 11) is 0. The lowest BCUT2D eigenvalue weighted by molar-refractivity contribution is 0.101. The first-order valence-electron chi connectivity index (χ1n) is 8.39. The fraction of sp³-hybridized carbons (Fsp3) is 0.190. The fourth-order valence-corrected chi connectivity index (χ4v) is 3.82. The second-order valence-corrected chi connectivity index (χ2v) is 6.34. The van der Waals surface area contributed by atoms with Gasteiger partial charge in [0.05, 0.1) is 23.2 Å². The van der Waals surface area contributed by atoms with Gasteiger partial charge in [0, 0.05) is 16.7 Å². The zero-order valence-electron chi connectivity index (χ0n) is 14.2. The Bertz CT molecular complexity index is 1090. The van der Waals surface area contributed by atoms with Gasteiger partial charge in [0.15, 0.2) is 5.78 Å². The normalized spacial score (nSPS) is 11.6. The highest BCUT2D eigenvalue weighted by Gasteiger charge is 2.23. The molecule has 0 aliphatic heterocycles. The van der Waals surface area contributed by atoms with Crippen LogP contribution in [-0.4, -0.2) is 20.4 Å².